The maximum absolute atomic E-state index is 12.1. The lowest BCUT2D eigenvalue weighted by Gasteiger charge is -2.07. The van der Waals surface area contributed by atoms with Gasteiger partial charge in [0.1, 0.15) is 23.1 Å². The molecule has 0 amide bonds. The van der Waals surface area contributed by atoms with Gasteiger partial charge in [0, 0.05) is 11.6 Å². The zero-order valence-electron chi connectivity index (χ0n) is 11.6. The lowest BCUT2D eigenvalue weighted by molar-refractivity contribution is 0.101. The lowest BCUT2D eigenvalue weighted by Crippen LogP contribution is -2.00. The third-order valence-electron chi connectivity index (χ3n) is 2.85. The third kappa shape index (κ3) is 3.12. The van der Waals surface area contributed by atoms with Gasteiger partial charge in [-0.05, 0) is 30.3 Å². The summed E-state index contributed by atoms with van der Waals surface area (Å²) in [7, 11) is 3.05. The smallest absolute Gasteiger partial charge is 0.238 e. The molecule has 0 aliphatic carbocycles. The van der Waals surface area contributed by atoms with Gasteiger partial charge in [-0.25, -0.2) is 0 Å². The third-order valence-corrected chi connectivity index (χ3v) is 2.85. The first-order valence-corrected chi connectivity index (χ1v) is 6.11. The normalized spacial score (nSPS) is 10.8. The Bertz CT molecular complexity index is 708. The molecular weight excluding hydrogens is 270 g/mol. The van der Waals surface area contributed by atoms with E-state index in [1.165, 1.54) is 25.5 Å². The van der Waals surface area contributed by atoms with Crippen molar-refractivity contribution in [2.75, 3.05) is 14.2 Å². The number of furan rings is 1. The first-order valence-electron chi connectivity index (χ1n) is 6.11. The van der Waals surface area contributed by atoms with Crippen molar-refractivity contribution >= 4 is 11.9 Å². The Morgan fingerprint density at radius 3 is 2.67 bits per heavy atom. The maximum atomic E-state index is 12.1. The summed E-state index contributed by atoms with van der Waals surface area (Å²) < 4.78 is 15.4. The predicted octanol–water partition coefficient (Wildman–Crippen LogP) is 3.09. The van der Waals surface area contributed by atoms with Crippen LogP contribution in [0.1, 0.15) is 16.1 Å². The molecule has 0 spiro atoms. The zero-order chi connectivity index (χ0) is 15.2. The first-order chi connectivity index (χ1) is 10.2. The summed E-state index contributed by atoms with van der Waals surface area (Å²) in [5.74, 6) is 0.782. The molecule has 0 aliphatic rings. The second-order valence-corrected chi connectivity index (χ2v) is 4.08. The molecule has 1 heterocycles. The van der Waals surface area contributed by atoms with E-state index >= 15 is 0 Å². The van der Waals surface area contributed by atoms with Crippen LogP contribution in [0.4, 0.5) is 0 Å². The van der Waals surface area contributed by atoms with Gasteiger partial charge in [-0.3, -0.25) is 4.79 Å². The Morgan fingerprint density at radius 2 is 2.10 bits per heavy atom. The van der Waals surface area contributed by atoms with Crippen molar-refractivity contribution in [3.05, 3.63) is 53.5 Å². The maximum Gasteiger partial charge on any atom is 0.238 e. The number of nitriles is 1. The number of rotatable bonds is 5. The highest BCUT2D eigenvalue weighted by molar-refractivity contribution is 6.12. The van der Waals surface area contributed by atoms with Gasteiger partial charge in [-0.2, -0.15) is 5.26 Å². The van der Waals surface area contributed by atoms with E-state index in [9.17, 15) is 10.1 Å². The van der Waals surface area contributed by atoms with E-state index in [1.807, 2.05) is 6.07 Å². The van der Waals surface area contributed by atoms with E-state index in [-0.39, 0.29) is 11.3 Å². The summed E-state index contributed by atoms with van der Waals surface area (Å²) in [6.07, 6.45) is 2.85. The molecule has 1 aromatic carbocycles. The van der Waals surface area contributed by atoms with E-state index in [1.54, 1.807) is 31.4 Å². The molecule has 1 aromatic heterocycles. The summed E-state index contributed by atoms with van der Waals surface area (Å²) in [5.41, 5.74) is 0.572. The molecule has 0 bridgehead atoms. The standard InChI is InChI=1S/C16H13NO4/c1-19-13-6-5-11(15(9-13)20-2)8-12(10-17)16(18)14-4-3-7-21-14/h3-9H,1-2H3/b12-8+. The Balaban J connectivity index is 2.41. The fourth-order valence-electron chi connectivity index (χ4n) is 1.78. The van der Waals surface area contributed by atoms with Crippen LogP contribution in [0.3, 0.4) is 0 Å². The Morgan fingerprint density at radius 1 is 1.29 bits per heavy atom. The van der Waals surface area contributed by atoms with Gasteiger partial charge in [-0.15, -0.1) is 0 Å². The molecule has 0 atom stereocenters. The van der Waals surface area contributed by atoms with E-state index in [0.717, 1.165) is 0 Å². The number of carbonyl (C=O) groups excluding carboxylic acids is 1. The van der Waals surface area contributed by atoms with Crippen LogP contribution in [-0.2, 0) is 0 Å². The van der Waals surface area contributed by atoms with E-state index < -0.39 is 5.78 Å². The minimum Gasteiger partial charge on any atom is -0.497 e. The molecule has 0 unspecified atom stereocenters. The number of ketones is 1. The van der Waals surface area contributed by atoms with E-state index in [4.69, 9.17) is 13.9 Å². The van der Waals surface area contributed by atoms with Gasteiger partial charge in [0.15, 0.2) is 5.76 Å². The fourth-order valence-corrected chi connectivity index (χ4v) is 1.78. The highest BCUT2D eigenvalue weighted by atomic mass is 16.5. The fraction of sp³-hybridized carbons (Fsp3) is 0.125. The van der Waals surface area contributed by atoms with Crippen LogP contribution in [-0.4, -0.2) is 20.0 Å². The van der Waals surface area contributed by atoms with E-state index in [0.29, 0.717) is 17.1 Å². The van der Waals surface area contributed by atoms with Crippen molar-refractivity contribution in [1.29, 1.82) is 5.26 Å². The molecular formula is C16H13NO4. The van der Waals surface area contributed by atoms with E-state index in [2.05, 4.69) is 0 Å². The topological polar surface area (TPSA) is 72.5 Å². The van der Waals surface area contributed by atoms with Crippen LogP contribution in [0.5, 0.6) is 11.5 Å². The molecule has 5 heteroatoms. The van der Waals surface area contributed by atoms with Crippen LogP contribution in [0.15, 0.2) is 46.6 Å². The number of hydrogen-bond donors (Lipinski definition) is 0. The molecule has 0 N–H and O–H groups in total. The monoisotopic (exact) mass is 283 g/mol. The molecule has 5 nitrogen and oxygen atoms in total. The largest absolute Gasteiger partial charge is 0.497 e. The Labute approximate surface area is 122 Å². The Hall–Kier alpha value is -3.00. The van der Waals surface area contributed by atoms with Gasteiger partial charge in [0.05, 0.1) is 20.5 Å². The van der Waals surface area contributed by atoms with Crippen LogP contribution >= 0.6 is 0 Å². The minimum absolute atomic E-state index is 0.0339. The first kappa shape index (κ1) is 14.4. The number of allylic oxidation sites excluding steroid dienone is 1. The lowest BCUT2D eigenvalue weighted by atomic mass is 10.1. The van der Waals surface area contributed by atoms with Crippen molar-refractivity contribution in [2.24, 2.45) is 0 Å². The average Bonchev–Trinajstić information content (AvgIpc) is 3.06. The number of carbonyl (C=O) groups is 1. The van der Waals surface area contributed by atoms with Crippen molar-refractivity contribution < 1.29 is 18.7 Å². The van der Waals surface area contributed by atoms with Crippen molar-refractivity contribution in [3.8, 4) is 17.6 Å². The Kier molecular flexibility index (Phi) is 4.42. The SMILES string of the molecule is COc1ccc(/C=C(\C#N)C(=O)c2ccco2)c(OC)c1. The molecule has 0 fully saturated rings. The molecule has 0 aliphatic heterocycles. The number of benzene rings is 1. The molecule has 106 valence electrons. The average molecular weight is 283 g/mol. The van der Waals surface area contributed by atoms with Crippen molar-refractivity contribution in [3.63, 3.8) is 0 Å². The second-order valence-electron chi connectivity index (χ2n) is 4.08. The molecule has 0 radical (unpaired) electrons. The van der Waals surface area contributed by atoms with Crippen molar-refractivity contribution in [2.45, 2.75) is 0 Å². The summed E-state index contributed by atoms with van der Waals surface area (Å²) in [6, 6.07) is 10.1. The quantitative estimate of drug-likeness (QED) is 0.479. The predicted molar refractivity (Wildman–Crippen MR) is 76.2 cm³/mol. The number of nitrogens with zero attached hydrogens (tertiary/aromatic N) is 1. The second kappa shape index (κ2) is 6.44. The van der Waals surface area contributed by atoms with Gasteiger partial charge in [0.25, 0.3) is 0 Å². The molecule has 2 rings (SSSR count). The van der Waals surface area contributed by atoms with Gasteiger partial charge < -0.3 is 13.9 Å². The highest BCUT2D eigenvalue weighted by Gasteiger charge is 2.15. The van der Waals surface area contributed by atoms with Gasteiger partial charge in [0.2, 0.25) is 5.78 Å². The van der Waals surface area contributed by atoms with Crippen LogP contribution in [0, 0.1) is 11.3 Å². The van der Waals surface area contributed by atoms with Crippen LogP contribution < -0.4 is 9.47 Å². The highest BCUT2D eigenvalue weighted by Crippen LogP contribution is 2.27. The zero-order valence-corrected chi connectivity index (χ0v) is 11.6. The molecule has 21 heavy (non-hydrogen) atoms. The van der Waals surface area contributed by atoms with Crippen LogP contribution in [0.25, 0.3) is 6.08 Å². The number of Topliss-reactive ketones (excluding diaryl/α,β-unsaturated/α-hetero) is 1. The van der Waals surface area contributed by atoms with Gasteiger partial charge in [-0.1, -0.05) is 0 Å². The summed E-state index contributed by atoms with van der Waals surface area (Å²) in [5, 5.41) is 9.17. The molecule has 0 saturated carbocycles. The molecule has 2 aromatic rings. The number of hydrogen-bond acceptors (Lipinski definition) is 5. The number of methoxy groups -OCH3 is 2. The molecule has 0 saturated heterocycles. The summed E-state index contributed by atoms with van der Waals surface area (Å²) in [4.78, 5) is 12.1. The van der Waals surface area contributed by atoms with Crippen molar-refractivity contribution in [1.82, 2.24) is 0 Å². The van der Waals surface area contributed by atoms with Gasteiger partial charge >= 0.3 is 0 Å². The summed E-state index contributed by atoms with van der Waals surface area (Å²) in [6.45, 7) is 0. The number of ether oxygens (including phenoxy) is 2. The van der Waals surface area contributed by atoms with Crippen LogP contribution in [0.2, 0.25) is 0 Å². The minimum atomic E-state index is -0.472. The summed E-state index contributed by atoms with van der Waals surface area (Å²) >= 11 is 0.